The van der Waals surface area contributed by atoms with Crippen LogP contribution in [0.1, 0.15) is 11.3 Å². The van der Waals surface area contributed by atoms with Gasteiger partial charge in [-0.05, 0) is 37.3 Å². The highest BCUT2D eigenvalue weighted by Gasteiger charge is 2.30. The van der Waals surface area contributed by atoms with Crippen molar-refractivity contribution in [2.45, 2.75) is 13.1 Å². The number of anilines is 2. The first-order valence-electron chi connectivity index (χ1n) is 10.1. The average molecular weight is 508 g/mol. The van der Waals surface area contributed by atoms with Crippen LogP contribution in [0, 0.1) is 6.92 Å². The maximum Gasteiger partial charge on any atom is 0.417 e. The zero-order valence-corrected chi connectivity index (χ0v) is 19.2. The van der Waals surface area contributed by atoms with Gasteiger partial charge in [-0.15, -0.1) is 0 Å². The number of nitrogens with one attached hydrogen (secondary N) is 3. The third kappa shape index (κ3) is 5.57. The van der Waals surface area contributed by atoms with Gasteiger partial charge in [0.05, 0.1) is 21.8 Å². The smallest absolute Gasteiger partial charge is 0.368 e. The Morgan fingerprint density at radius 2 is 1.71 bits per heavy atom. The summed E-state index contributed by atoms with van der Waals surface area (Å²) >= 11 is 12.5. The molecule has 0 aliphatic carbocycles. The summed E-state index contributed by atoms with van der Waals surface area (Å²) in [5.41, 5.74) is 1.96. The van der Waals surface area contributed by atoms with E-state index in [4.69, 9.17) is 23.2 Å². The molecule has 3 heterocycles. The van der Waals surface area contributed by atoms with Gasteiger partial charge in [-0.25, -0.2) is 19.9 Å². The fraction of sp³-hybridized carbons (Fsp3) is 0.182. The van der Waals surface area contributed by atoms with Crippen LogP contribution in [-0.4, -0.2) is 38.0 Å². The largest absolute Gasteiger partial charge is 0.417 e. The number of halogens is 5. The summed E-state index contributed by atoms with van der Waals surface area (Å²) in [7, 11) is 0. The third-order valence-electron chi connectivity index (χ3n) is 4.74. The number of aryl methyl sites for hydroxylation is 1. The van der Waals surface area contributed by atoms with Gasteiger partial charge in [-0.1, -0.05) is 23.2 Å². The summed E-state index contributed by atoms with van der Waals surface area (Å²) in [5, 5.41) is 6.96. The van der Waals surface area contributed by atoms with E-state index in [1.54, 1.807) is 30.6 Å². The highest BCUT2D eigenvalue weighted by Crippen LogP contribution is 2.35. The molecule has 0 radical (unpaired) electrons. The van der Waals surface area contributed by atoms with E-state index in [0.717, 1.165) is 18.0 Å². The topological polar surface area (TPSA) is 91.4 Å². The van der Waals surface area contributed by atoms with E-state index >= 15 is 0 Å². The quantitative estimate of drug-likeness (QED) is 0.262. The predicted molar refractivity (Wildman–Crippen MR) is 126 cm³/mol. The number of H-pyrrole nitrogens is 1. The Hall–Kier alpha value is -3.37. The van der Waals surface area contributed by atoms with Crippen LogP contribution in [0.25, 0.3) is 22.6 Å². The number of hydrogen-bond donors (Lipinski definition) is 3. The van der Waals surface area contributed by atoms with E-state index in [-0.39, 0.29) is 0 Å². The van der Waals surface area contributed by atoms with Gasteiger partial charge in [0, 0.05) is 48.0 Å². The molecule has 12 heteroatoms. The molecule has 0 atom stereocenters. The van der Waals surface area contributed by atoms with Crippen molar-refractivity contribution in [3.8, 4) is 22.6 Å². The number of alkyl halides is 3. The van der Waals surface area contributed by atoms with Crippen molar-refractivity contribution < 1.29 is 13.2 Å². The molecule has 1 aromatic carbocycles. The lowest BCUT2D eigenvalue weighted by atomic mass is 10.1. The summed E-state index contributed by atoms with van der Waals surface area (Å²) in [6, 6.07) is 7.37. The minimum Gasteiger partial charge on any atom is -0.368 e. The minimum absolute atomic E-state index is 0.327. The summed E-state index contributed by atoms with van der Waals surface area (Å²) in [6.45, 7) is 2.65. The van der Waals surface area contributed by atoms with Gasteiger partial charge in [0.25, 0.3) is 0 Å². The van der Waals surface area contributed by atoms with Gasteiger partial charge in [-0.3, -0.25) is 0 Å². The molecule has 4 aromatic rings. The number of pyridine rings is 1. The van der Waals surface area contributed by atoms with E-state index in [1.165, 1.54) is 6.07 Å². The number of rotatable bonds is 7. The number of hydrogen-bond acceptors (Lipinski definition) is 6. The molecule has 0 saturated heterocycles. The van der Waals surface area contributed by atoms with Gasteiger partial charge in [0.2, 0.25) is 5.95 Å². The summed E-state index contributed by atoms with van der Waals surface area (Å²) in [5.74, 6) is 1.27. The molecule has 0 aliphatic heterocycles. The van der Waals surface area contributed by atoms with Gasteiger partial charge in [0.1, 0.15) is 11.6 Å². The molecule has 0 spiro atoms. The first-order chi connectivity index (χ1) is 16.2. The van der Waals surface area contributed by atoms with Gasteiger partial charge in [-0.2, -0.15) is 13.2 Å². The molecule has 7 nitrogen and oxygen atoms in total. The Morgan fingerprint density at radius 1 is 0.912 bits per heavy atom. The first kappa shape index (κ1) is 23.8. The van der Waals surface area contributed by atoms with E-state index in [2.05, 4.69) is 35.6 Å². The third-order valence-corrected chi connectivity index (χ3v) is 5.29. The zero-order chi connectivity index (χ0) is 24.3. The fourth-order valence-corrected chi connectivity index (χ4v) is 3.61. The highest BCUT2D eigenvalue weighted by molar-refractivity contribution is 6.36. The van der Waals surface area contributed by atoms with Crippen molar-refractivity contribution in [3.05, 3.63) is 70.2 Å². The minimum atomic E-state index is -4.42. The van der Waals surface area contributed by atoms with Crippen LogP contribution in [0.5, 0.6) is 0 Å². The molecule has 3 aromatic heterocycles. The monoisotopic (exact) mass is 507 g/mol. The Morgan fingerprint density at radius 3 is 2.35 bits per heavy atom. The Kier molecular flexibility index (Phi) is 6.90. The molecule has 0 fully saturated rings. The Balaban J connectivity index is 1.49. The molecule has 4 rings (SSSR count). The van der Waals surface area contributed by atoms with E-state index in [0.29, 0.717) is 57.5 Å². The molecule has 3 N–H and O–H groups in total. The van der Waals surface area contributed by atoms with Crippen LogP contribution in [0.3, 0.4) is 0 Å². The van der Waals surface area contributed by atoms with Crippen molar-refractivity contribution in [2.24, 2.45) is 0 Å². The predicted octanol–water partition coefficient (Wildman–Crippen LogP) is 6.09. The first-order valence-corrected chi connectivity index (χ1v) is 10.8. The number of imidazole rings is 1. The van der Waals surface area contributed by atoms with Crippen LogP contribution in [-0.2, 0) is 6.18 Å². The fourth-order valence-electron chi connectivity index (χ4n) is 3.11. The molecule has 0 saturated carbocycles. The van der Waals surface area contributed by atoms with Crippen molar-refractivity contribution in [1.29, 1.82) is 0 Å². The lowest BCUT2D eigenvalue weighted by molar-refractivity contribution is -0.137. The van der Waals surface area contributed by atoms with E-state index in [1.807, 2.05) is 6.92 Å². The van der Waals surface area contributed by atoms with E-state index in [9.17, 15) is 13.2 Å². The molecule has 0 amide bonds. The van der Waals surface area contributed by atoms with Crippen LogP contribution in [0.2, 0.25) is 10.0 Å². The van der Waals surface area contributed by atoms with Crippen molar-refractivity contribution in [3.63, 3.8) is 0 Å². The second-order valence-electron chi connectivity index (χ2n) is 7.28. The number of aromatic amines is 1. The van der Waals surface area contributed by atoms with Crippen molar-refractivity contribution in [1.82, 2.24) is 24.9 Å². The number of aromatic nitrogens is 5. The maximum absolute atomic E-state index is 12.6. The second-order valence-corrected chi connectivity index (χ2v) is 8.12. The van der Waals surface area contributed by atoms with Crippen LogP contribution in [0.4, 0.5) is 24.9 Å². The number of benzene rings is 1. The average Bonchev–Trinajstić information content (AvgIpc) is 3.22. The molecule has 0 bridgehead atoms. The Bertz CT molecular complexity index is 1290. The van der Waals surface area contributed by atoms with Crippen LogP contribution >= 0.6 is 23.2 Å². The molecule has 34 heavy (non-hydrogen) atoms. The van der Waals surface area contributed by atoms with Crippen LogP contribution in [0.15, 0.2) is 48.9 Å². The van der Waals surface area contributed by atoms with Gasteiger partial charge < -0.3 is 15.6 Å². The molecular formula is C22H18Cl2F3N7. The van der Waals surface area contributed by atoms with Crippen molar-refractivity contribution in [2.75, 3.05) is 23.7 Å². The van der Waals surface area contributed by atoms with Gasteiger partial charge in [0.15, 0.2) is 0 Å². The van der Waals surface area contributed by atoms with E-state index < -0.39 is 11.7 Å². The zero-order valence-electron chi connectivity index (χ0n) is 17.7. The van der Waals surface area contributed by atoms with Crippen molar-refractivity contribution >= 4 is 35.0 Å². The normalized spacial score (nSPS) is 11.5. The molecule has 0 aliphatic rings. The van der Waals surface area contributed by atoms with Crippen LogP contribution < -0.4 is 10.6 Å². The molecule has 0 unspecified atom stereocenters. The molecule has 176 valence electrons. The number of nitrogens with zero attached hydrogens (tertiary/aromatic N) is 4. The summed E-state index contributed by atoms with van der Waals surface area (Å²) < 4.78 is 37.9. The highest BCUT2D eigenvalue weighted by atomic mass is 35.5. The lowest BCUT2D eigenvalue weighted by Gasteiger charge is -2.12. The van der Waals surface area contributed by atoms with Gasteiger partial charge >= 0.3 is 6.18 Å². The SMILES string of the molecule is Cc1cnc(-c2cnc(NCCNc3ccc(C(F)(F)F)cn3)nc2-c2ccc(Cl)cc2Cl)[nH]1. The standard InChI is InChI=1S/C22H18Cl2F3N7/c1-12-9-31-20(33-12)16-11-32-21(34-19(16)15-4-3-14(23)8-17(15)24)29-7-6-28-18-5-2-13(10-30-18)22(25,26)27/h2-5,8-11H,6-7H2,1H3,(H,28,30)(H,31,33)(H,29,32,34). The summed E-state index contributed by atoms with van der Waals surface area (Å²) in [6.07, 6.45) is -0.292. The Labute approximate surface area is 202 Å². The second kappa shape index (κ2) is 9.86. The maximum atomic E-state index is 12.6. The summed E-state index contributed by atoms with van der Waals surface area (Å²) in [4.78, 5) is 20.3. The lowest BCUT2D eigenvalue weighted by Crippen LogP contribution is -2.16. The molecular weight excluding hydrogens is 490 g/mol.